The number of ether oxygens (including phenoxy) is 2. The number of hydroxylamine groups is 1. The van der Waals surface area contributed by atoms with Crippen LogP contribution in [0, 0.1) is 0 Å². The van der Waals surface area contributed by atoms with Crippen molar-refractivity contribution in [3.63, 3.8) is 0 Å². The van der Waals surface area contributed by atoms with Gasteiger partial charge in [0.05, 0.1) is 7.11 Å². The molecular formula is C17H15ClN2O5. The highest BCUT2D eigenvalue weighted by molar-refractivity contribution is 6.31. The Kier molecular flexibility index (Phi) is 5.06. The molecule has 0 aliphatic heterocycles. The molecule has 1 amide bonds. The zero-order valence-corrected chi connectivity index (χ0v) is 14.2. The highest BCUT2D eigenvalue weighted by Crippen LogP contribution is 2.28. The van der Waals surface area contributed by atoms with Crippen LogP contribution in [-0.4, -0.2) is 24.1 Å². The fourth-order valence-electron chi connectivity index (χ4n) is 2.05. The van der Waals surface area contributed by atoms with Crippen molar-refractivity contribution in [2.24, 2.45) is 0 Å². The summed E-state index contributed by atoms with van der Waals surface area (Å²) in [5.74, 6) is 0.641. The van der Waals surface area contributed by atoms with Crippen molar-refractivity contribution < 1.29 is 23.5 Å². The Balaban J connectivity index is 1.66. The number of fused-ring (bicyclic) bond motifs is 1. The summed E-state index contributed by atoms with van der Waals surface area (Å²) in [7, 11) is 1.36. The molecule has 1 N–H and O–H groups in total. The van der Waals surface area contributed by atoms with Gasteiger partial charge < -0.3 is 13.9 Å². The summed E-state index contributed by atoms with van der Waals surface area (Å²) in [4.78, 5) is 20.3. The molecule has 25 heavy (non-hydrogen) atoms. The Bertz CT molecular complexity index is 878. The van der Waals surface area contributed by atoms with Crippen LogP contribution < -0.4 is 15.0 Å². The van der Waals surface area contributed by atoms with E-state index in [4.69, 9.17) is 25.5 Å². The Morgan fingerprint density at radius 3 is 2.64 bits per heavy atom. The minimum atomic E-state index is -0.700. The second-order valence-corrected chi connectivity index (χ2v) is 5.53. The molecule has 7 nitrogen and oxygen atoms in total. The Morgan fingerprint density at radius 2 is 1.92 bits per heavy atom. The third-order valence-corrected chi connectivity index (χ3v) is 3.48. The number of nitrogens with one attached hydrogen (secondary N) is 1. The number of rotatable bonds is 6. The number of halogens is 1. The van der Waals surface area contributed by atoms with Crippen LogP contribution in [0.5, 0.6) is 17.6 Å². The Hall–Kier alpha value is -2.77. The van der Waals surface area contributed by atoms with Crippen molar-refractivity contribution in [3.8, 4) is 17.6 Å². The first-order valence-electron chi connectivity index (χ1n) is 7.38. The molecule has 0 bridgehead atoms. The predicted octanol–water partition coefficient (Wildman–Crippen LogP) is 3.72. The molecule has 3 rings (SSSR count). The van der Waals surface area contributed by atoms with Crippen LogP contribution in [0.3, 0.4) is 0 Å². The van der Waals surface area contributed by atoms with Gasteiger partial charge in [0, 0.05) is 11.1 Å². The van der Waals surface area contributed by atoms with Crippen molar-refractivity contribution in [2.45, 2.75) is 13.0 Å². The molecule has 0 aliphatic carbocycles. The first-order valence-corrected chi connectivity index (χ1v) is 7.76. The summed E-state index contributed by atoms with van der Waals surface area (Å²) in [6.07, 6.45) is -0.590. The van der Waals surface area contributed by atoms with E-state index in [1.54, 1.807) is 49.4 Å². The monoisotopic (exact) mass is 362 g/mol. The molecule has 0 saturated heterocycles. The lowest BCUT2D eigenvalue weighted by Crippen LogP contribution is -2.35. The summed E-state index contributed by atoms with van der Waals surface area (Å²) >= 11 is 5.91. The summed E-state index contributed by atoms with van der Waals surface area (Å²) in [5.41, 5.74) is 3.40. The normalized spacial score (nSPS) is 12.0. The molecule has 3 aromatic rings. The number of aromatic nitrogens is 1. The van der Waals surface area contributed by atoms with Crippen LogP contribution in [0.25, 0.3) is 11.1 Å². The highest BCUT2D eigenvalue weighted by Gasteiger charge is 2.14. The minimum absolute atomic E-state index is 0.110. The van der Waals surface area contributed by atoms with Crippen LogP contribution in [-0.2, 0) is 9.63 Å². The smallest absolute Gasteiger partial charge is 0.400 e. The number of carbonyl (C=O) groups excluding carboxylic acids is 1. The van der Waals surface area contributed by atoms with Crippen LogP contribution in [0.1, 0.15) is 6.92 Å². The fraction of sp³-hybridized carbons (Fsp3) is 0.176. The third-order valence-electron chi connectivity index (χ3n) is 3.24. The Morgan fingerprint density at radius 1 is 1.20 bits per heavy atom. The maximum absolute atomic E-state index is 11.5. The quantitative estimate of drug-likeness (QED) is 0.673. The van der Waals surface area contributed by atoms with Crippen molar-refractivity contribution in [1.82, 2.24) is 10.5 Å². The van der Waals surface area contributed by atoms with E-state index in [9.17, 15) is 4.79 Å². The summed E-state index contributed by atoms with van der Waals surface area (Å²) < 4.78 is 16.6. The fourth-order valence-corrected chi connectivity index (χ4v) is 2.21. The largest absolute Gasteiger partial charge is 0.481 e. The molecule has 1 atom stereocenters. The lowest BCUT2D eigenvalue weighted by atomic mass is 10.3. The molecule has 0 saturated carbocycles. The number of amides is 1. The van der Waals surface area contributed by atoms with Gasteiger partial charge in [0.25, 0.3) is 5.91 Å². The molecule has 0 spiro atoms. The van der Waals surface area contributed by atoms with Gasteiger partial charge in [-0.2, -0.15) is 4.98 Å². The second kappa shape index (κ2) is 7.42. The van der Waals surface area contributed by atoms with Gasteiger partial charge in [-0.25, -0.2) is 5.48 Å². The zero-order valence-electron chi connectivity index (χ0n) is 13.5. The van der Waals surface area contributed by atoms with Gasteiger partial charge in [0.2, 0.25) is 0 Å². The van der Waals surface area contributed by atoms with Gasteiger partial charge in [-0.3, -0.25) is 9.63 Å². The van der Waals surface area contributed by atoms with Gasteiger partial charge in [0.15, 0.2) is 11.7 Å². The van der Waals surface area contributed by atoms with E-state index in [0.29, 0.717) is 27.6 Å². The topological polar surface area (TPSA) is 82.8 Å². The maximum Gasteiger partial charge on any atom is 0.400 e. The van der Waals surface area contributed by atoms with Crippen LogP contribution in [0.2, 0.25) is 5.02 Å². The van der Waals surface area contributed by atoms with E-state index in [1.165, 1.54) is 7.11 Å². The number of carbonyl (C=O) groups is 1. The number of oxazole rings is 1. The number of hydrogen-bond acceptors (Lipinski definition) is 6. The number of hydrogen-bond donors (Lipinski definition) is 1. The first kappa shape index (κ1) is 17.1. The van der Waals surface area contributed by atoms with Crippen LogP contribution in [0.15, 0.2) is 46.9 Å². The van der Waals surface area contributed by atoms with E-state index >= 15 is 0 Å². The first-order chi connectivity index (χ1) is 12.0. The average Bonchev–Trinajstić information content (AvgIpc) is 2.98. The van der Waals surface area contributed by atoms with Crippen LogP contribution in [0.4, 0.5) is 0 Å². The molecule has 0 unspecified atom stereocenters. The van der Waals surface area contributed by atoms with Crippen molar-refractivity contribution >= 4 is 28.6 Å². The molecule has 1 heterocycles. The van der Waals surface area contributed by atoms with Crippen molar-refractivity contribution in [1.29, 1.82) is 0 Å². The third kappa shape index (κ3) is 4.20. The SMILES string of the molecule is CONC(=O)[C@@H](C)Oc1ccc(Oc2nc3ccc(Cl)cc3o2)cc1. The predicted molar refractivity (Wildman–Crippen MR) is 90.8 cm³/mol. The molecule has 8 heteroatoms. The van der Waals surface area contributed by atoms with Gasteiger partial charge >= 0.3 is 6.08 Å². The van der Waals surface area contributed by atoms with Gasteiger partial charge in [-0.15, -0.1) is 0 Å². The highest BCUT2D eigenvalue weighted by atomic mass is 35.5. The van der Waals surface area contributed by atoms with Gasteiger partial charge in [-0.05, 0) is 43.3 Å². The Labute approximate surface area is 148 Å². The van der Waals surface area contributed by atoms with Crippen LogP contribution >= 0.6 is 11.6 Å². The zero-order chi connectivity index (χ0) is 17.8. The summed E-state index contributed by atoms with van der Waals surface area (Å²) in [5, 5.41) is 0.559. The van der Waals surface area contributed by atoms with E-state index in [2.05, 4.69) is 15.3 Å². The van der Waals surface area contributed by atoms with E-state index < -0.39 is 6.10 Å². The number of nitrogens with zero attached hydrogens (tertiary/aromatic N) is 1. The van der Waals surface area contributed by atoms with Crippen molar-refractivity contribution in [2.75, 3.05) is 7.11 Å². The molecular weight excluding hydrogens is 348 g/mol. The lowest BCUT2D eigenvalue weighted by molar-refractivity contribution is -0.137. The molecule has 130 valence electrons. The summed E-state index contributed by atoms with van der Waals surface area (Å²) in [6, 6.07) is 11.8. The second-order valence-electron chi connectivity index (χ2n) is 5.10. The van der Waals surface area contributed by atoms with Crippen molar-refractivity contribution in [3.05, 3.63) is 47.5 Å². The maximum atomic E-state index is 11.5. The number of benzene rings is 2. The standard InChI is InChI=1S/C17H15ClN2O5/c1-10(16(21)20-22-2)23-12-4-6-13(7-5-12)24-17-19-14-8-3-11(18)9-15(14)25-17/h3-10H,1-2H3,(H,20,21)/t10-/m1/s1. The van der Waals surface area contributed by atoms with Gasteiger partial charge in [0.1, 0.15) is 17.0 Å². The molecule has 0 fully saturated rings. The molecule has 0 radical (unpaired) electrons. The average molecular weight is 363 g/mol. The molecule has 2 aromatic carbocycles. The van der Waals surface area contributed by atoms with E-state index in [-0.39, 0.29) is 12.0 Å². The molecule has 0 aliphatic rings. The van der Waals surface area contributed by atoms with Gasteiger partial charge in [-0.1, -0.05) is 11.6 Å². The molecule has 1 aromatic heterocycles. The summed E-state index contributed by atoms with van der Waals surface area (Å²) in [6.45, 7) is 1.61. The van der Waals surface area contributed by atoms with E-state index in [1.807, 2.05) is 0 Å². The van der Waals surface area contributed by atoms with E-state index in [0.717, 1.165) is 0 Å². The lowest BCUT2D eigenvalue weighted by Gasteiger charge is -2.13. The minimum Gasteiger partial charge on any atom is -0.481 e.